The fourth-order valence-corrected chi connectivity index (χ4v) is 2.56. The molecule has 17 heavy (non-hydrogen) atoms. The lowest BCUT2D eigenvalue weighted by Gasteiger charge is -2.18. The first-order chi connectivity index (χ1) is 7.74. The van der Waals surface area contributed by atoms with Crippen molar-refractivity contribution in [3.63, 3.8) is 0 Å². The van der Waals surface area contributed by atoms with Crippen molar-refractivity contribution in [1.82, 2.24) is 4.31 Å². The number of carbonyl (C=O) groups excluding carboxylic acids is 2. The largest absolute Gasteiger partial charge is 0.268 e. The maximum Gasteiger partial charge on any atom is 0.267 e. The van der Waals surface area contributed by atoms with Gasteiger partial charge in [0, 0.05) is 29.0 Å². The molecule has 0 spiro atoms. The first-order valence-corrected chi connectivity index (χ1v) is 7.08. The summed E-state index contributed by atoms with van der Waals surface area (Å²) in [6, 6.07) is 0. The predicted octanol–water partition coefficient (Wildman–Crippen LogP) is 3.67. The van der Waals surface area contributed by atoms with Crippen LogP contribution in [0.3, 0.4) is 0 Å². The Kier molecular flexibility index (Phi) is 5.47. The summed E-state index contributed by atoms with van der Waals surface area (Å²) in [6.45, 7) is 1.90. The van der Waals surface area contributed by atoms with Gasteiger partial charge in [0.25, 0.3) is 14.9 Å². The number of nitrogens with zero attached hydrogens (tertiary/aromatic N) is 1. The lowest BCUT2D eigenvalue weighted by molar-refractivity contribution is -0.130. The maximum atomic E-state index is 11.8. The first-order valence-electron chi connectivity index (χ1n) is 4.73. The third-order valence-electron chi connectivity index (χ3n) is 2.04. The van der Waals surface area contributed by atoms with Gasteiger partial charge in [0.1, 0.15) is 0 Å². The van der Waals surface area contributed by atoms with Crippen LogP contribution >= 0.6 is 58.4 Å². The Morgan fingerprint density at radius 3 is 2.47 bits per heavy atom. The molecule has 3 nitrogen and oxygen atoms in total. The van der Waals surface area contributed by atoms with E-state index in [2.05, 4.69) is 0 Å². The van der Waals surface area contributed by atoms with Crippen LogP contribution in [-0.4, -0.2) is 24.6 Å². The van der Waals surface area contributed by atoms with Gasteiger partial charge in [-0.15, -0.1) is 11.6 Å². The fourth-order valence-electron chi connectivity index (χ4n) is 1.22. The van der Waals surface area contributed by atoms with E-state index in [0.717, 1.165) is 4.31 Å². The van der Waals surface area contributed by atoms with Crippen molar-refractivity contribution in [3.05, 3.63) is 11.6 Å². The minimum absolute atomic E-state index is 0.185. The topological polar surface area (TPSA) is 37.4 Å². The molecule has 0 aliphatic carbocycles. The summed E-state index contributed by atoms with van der Waals surface area (Å²) >= 11 is 23.1. The van der Waals surface area contributed by atoms with E-state index in [1.807, 2.05) is 6.92 Å². The predicted molar refractivity (Wildman–Crippen MR) is 72.4 cm³/mol. The molecule has 0 saturated carbocycles. The molecule has 1 aliphatic heterocycles. The van der Waals surface area contributed by atoms with Crippen molar-refractivity contribution >= 4 is 70.2 Å². The third-order valence-corrected chi connectivity index (χ3v) is 3.86. The zero-order valence-electron chi connectivity index (χ0n) is 8.75. The summed E-state index contributed by atoms with van der Waals surface area (Å²) in [5.74, 6) is -0.966. The molecule has 1 heterocycles. The van der Waals surface area contributed by atoms with E-state index >= 15 is 0 Å². The average Bonchev–Trinajstić information content (AvgIpc) is 2.44. The molecule has 1 rings (SSSR count). The number of hydrogen-bond donors (Lipinski definition) is 0. The molecule has 0 bridgehead atoms. The second-order valence-corrected chi connectivity index (χ2v) is 8.08. The quantitative estimate of drug-likeness (QED) is 0.446. The van der Waals surface area contributed by atoms with E-state index in [-0.39, 0.29) is 5.38 Å². The van der Waals surface area contributed by atoms with E-state index in [9.17, 15) is 9.59 Å². The lowest BCUT2D eigenvalue weighted by atomic mass is 10.1. The number of rotatable bonds is 4. The summed E-state index contributed by atoms with van der Waals surface area (Å²) in [5.41, 5.74) is 0.346. The zero-order valence-corrected chi connectivity index (χ0v) is 12.6. The van der Waals surface area contributed by atoms with E-state index in [1.54, 1.807) is 0 Å². The van der Waals surface area contributed by atoms with Gasteiger partial charge in [0.2, 0.25) is 0 Å². The highest BCUT2D eigenvalue weighted by molar-refractivity contribution is 8.03. The number of alkyl halides is 4. The minimum Gasteiger partial charge on any atom is -0.268 e. The molecule has 0 aromatic heterocycles. The van der Waals surface area contributed by atoms with Gasteiger partial charge in [0.15, 0.2) is 0 Å². The van der Waals surface area contributed by atoms with Crippen LogP contribution < -0.4 is 0 Å². The zero-order chi connectivity index (χ0) is 13.2. The number of halogens is 4. The van der Waals surface area contributed by atoms with Crippen LogP contribution in [0.2, 0.25) is 0 Å². The van der Waals surface area contributed by atoms with Gasteiger partial charge in [0.05, 0.1) is 0 Å². The average molecular weight is 337 g/mol. The Labute approximate surface area is 124 Å². The molecule has 0 N–H and O–H groups in total. The van der Waals surface area contributed by atoms with Gasteiger partial charge < -0.3 is 0 Å². The fraction of sp³-hybridized carbons (Fsp3) is 0.556. The summed E-state index contributed by atoms with van der Waals surface area (Å²) in [4.78, 5) is 23.4. The van der Waals surface area contributed by atoms with Gasteiger partial charge in [-0.05, 0) is 12.8 Å². The Morgan fingerprint density at radius 2 is 2.00 bits per heavy atom. The van der Waals surface area contributed by atoms with Crippen LogP contribution in [0.5, 0.6) is 0 Å². The Hall–Kier alpha value is 0.390. The lowest BCUT2D eigenvalue weighted by Crippen LogP contribution is -2.27. The molecule has 0 radical (unpaired) electrons. The summed E-state index contributed by atoms with van der Waals surface area (Å²) < 4.78 is -0.915. The van der Waals surface area contributed by atoms with Gasteiger partial charge in [-0.3, -0.25) is 9.59 Å². The smallest absolute Gasteiger partial charge is 0.267 e. The van der Waals surface area contributed by atoms with Crippen molar-refractivity contribution in [3.8, 4) is 0 Å². The van der Waals surface area contributed by atoms with Crippen molar-refractivity contribution in [1.29, 1.82) is 0 Å². The number of imide groups is 1. The van der Waals surface area contributed by atoms with Crippen LogP contribution in [0.15, 0.2) is 11.6 Å². The Bertz CT molecular complexity index is 366. The van der Waals surface area contributed by atoms with E-state index in [1.165, 1.54) is 6.08 Å². The van der Waals surface area contributed by atoms with Crippen molar-refractivity contribution < 1.29 is 9.59 Å². The number of carbonyl (C=O) groups is 2. The molecule has 1 unspecified atom stereocenters. The summed E-state index contributed by atoms with van der Waals surface area (Å²) in [6.07, 6.45) is 2.27. The molecule has 1 aliphatic rings. The van der Waals surface area contributed by atoms with Crippen LogP contribution in [0.25, 0.3) is 0 Å². The van der Waals surface area contributed by atoms with Crippen molar-refractivity contribution in [2.75, 3.05) is 0 Å². The molecular weight excluding hydrogens is 328 g/mol. The monoisotopic (exact) mass is 335 g/mol. The molecule has 8 heteroatoms. The maximum absolute atomic E-state index is 11.8. The van der Waals surface area contributed by atoms with Crippen LogP contribution in [-0.2, 0) is 9.59 Å². The highest BCUT2D eigenvalue weighted by Crippen LogP contribution is 2.43. The highest BCUT2D eigenvalue weighted by atomic mass is 35.6. The number of hydrogen-bond acceptors (Lipinski definition) is 3. The van der Waals surface area contributed by atoms with E-state index < -0.39 is 14.9 Å². The molecule has 0 saturated heterocycles. The van der Waals surface area contributed by atoms with Crippen LogP contribution in [0, 0.1) is 0 Å². The second kappa shape index (κ2) is 6.02. The Balaban J connectivity index is 2.72. The van der Waals surface area contributed by atoms with Gasteiger partial charge in [-0.2, -0.15) is 0 Å². The van der Waals surface area contributed by atoms with Crippen LogP contribution in [0.1, 0.15) is 19.8 Å². The van der Waals surface area contributed by atoms with Gasteiger partial charge in [-0.1, -0.05) is 41.7 Å². The SMILES string of the molecule is CCC(Cl)CC1=CC(=O)N(SC(Cl)(Cl)Cl)C1=O. The standard InChI is InChI=1S/C9H9Cl4NO2S/c1-2-6(10)3-5-4-7(15)14(8(5)16)17-9(11,12)13/h4,6H,2-3H2,1H3. The second-order valence-electron chi connectivity index (χ2n) is 3.35. The summed E-state index contributed by atoms with van der Waals surface area (Å²) in [5, 5.41) is -0.185. The van der Waals surface area contributed by atoms with Crippen molar-refractivity contribution in [2.24, 2.45) is 0 Å². The van der Waals surface area contributed by atoms with Crippen molar-refractivity contribution in [2.45, 2.75) is 28.3 Å². The van der Waals surface area contributed by atoms with Gasteiger partial charge in [-0.25, -0.2) is 4.31 Å². The molecule has 96 valence electrons. The third kappa shape index (κ3) is 4.52. The summed E-state index contributed by atoms with van der Waals surface area (Å²) in [7, 11) is 0. The Morgan fingerprint density at radius 1 is 1.41 bits per heavy atom. The van der Waals surface area contributed by atoms with Crippen LogP contribution in [0.4, 0.5) is 0 Å². The first kappa shape index (κ1) is 15.4. The number of amides is 2. The molecular formula is C9H9Cl4NO2S. The molecule has 1 atom stereocenters. The normalized spacial score (nSPS) is 18.6. The molecule has 0 aromatic rings. The van der Waals surface area contributed by atoms with Gasteiger partial charge >= 0.3 is 0 Å². The molecule has 0 aromatic carbocycles. The minimum atomic E-state index is -1.75. The molecule has 2 amide bonds. The van der Waals surface area contributed by atoms with E-state index in [4.69, 9.17) is 46.4 Å². The molecule has 0 fully saturated rings. The van der Waals surface area contributed by atoms with E-state index in [0.29, 0.717) is 30.4 Å². The highest BCUT2D eigenvalue weighted by Gasteiger charge is 2.38.